The number of hydrogen-bond acceptors (Lipinski definition) is 5. The van der Waals surface area contributed by atoms with Crippen molar-refractivity contribution < 1.29 is 5.11 Å². The molecule has 0 spiro atoms. The standard InChI is InChI=1S/C13H24N4O/c1-9-8-11(17-12(14-5)15-9)16-10(6-7-18)13(2,3)4/h8,10,18H,6-7H2,1-5H3,(H2,14,15,16,17). The van der Waals surface area contributed by atoms with E-state index in [0.717, 1.165) is 11.5 Å². The van der Waals surface area contributed by atoms with E-state index in [2.05, 4.69) is 41.4 Å². The van der Waals surface area contributed by atoms with Crippen molar-refractivity contribution in [3.63, 3.8) is 0 Å². The molecule has 0 aromatic carbocycles. The fourth-order valence-corrected chi connectivity index (χ4v) is 1.78. The summed E-state index contributed by atoms with van der Waals surface area (Å²) < 4.78 is 0. The topological polar surface area (TPSA) is 70.1 Å². The predicted octanol–water partition coefficient (Wildman–Crippen LogP) is 2.04. The van der Waals surface area contributed by atoms with E-state index in [0.29, 0.717) is 12.4 Å². The van der Waals surface area contributed by atoms with Crippen LogP contribution in [0, 0.1) is 12.3 Å². The molecule has 1 atom stereocenters. The fourth-order valence-electron chi connectivity index (χ4n) is 1.78. The zero-order valence-electron chi connectivity index (χ0n) is 11.9. The summed E-state index contributed by atoms with van der Waals surface area (Å²) in [6, 6.07) is 2.08. The Morgan fingerprint density at radius 3 is 2.50 bits per heavy atom. The smallest absolute Gasteiger partial charge is 0.224 e. The number of aliphatic hydroxyl groups excluding tert-OH is 1. The third-order valence-electron chi connectivity index (χ3n) is 2.86. The lowest BCUT2D eigenvalue weighted by atomic mass is 9.85. The van der Waals surface area contributed by atoms with Crippen LogP contribution in [-0.2, 0) is 0 Å². The first-order valence-electron chi connectivity index (χ1n) is 6.27. The molecule has 0 saturated heterocycles. The molecule has 3 N–H and O–H groups in total. The molecular weight excluding hydrogens is 228 g/mol. The van der Waals surface area contributed by atoms with E-state index < -0.39 is 0 Å². The second-order valence-electron chi connectivity index (χ2n) is 5.54. The van der Waals surface area contributed by atoms with Gasteiger partial charge in [0.1, 0.15) is 5.82 Å². The molecule has 5 heteroatoms. The minimum absolute atomic E-state index is 0.0569. The monoisotopic (exact) mass is 252 g/mol. The highest BCUT2D eigenvalue weighted by atomic mass is 16.3. The van der Waals surface area contributed by atoms with Gasteiger partial charge in [-0.15, -0.1) is 0 Å². The van der Waals surface area contributed by atoms with Gasteiger partial charge in [0.2, 0.25) is 5.95 Å². The van der Waals surface area contributed by atoms with Crippen molar-refractivity contribution >= 4 is 11.8 Å². The van der Waals surface area contributed by atoms with Gasteiger partial charge in [0.05, 0.1) is 0 Å². The van der Waals surface area contributed by atoms with E-state index in [1.807, 2.05) is 13.0 Å². The summed E-state index contributed by atoms with van der Waals surface area (Å²) in [5, 5.41) is 15.5. The van der Waals surface area contributed by atoms with Gasteiger partial charge < -0.3 is 15.7 Å². The van der Waals surface area contributed by atoms with Crippen LogP contribution in [0.15, 0.2) is 6.07 Å². The van der Waals surface area contributed by atoms with E-state index in [4.69, 9.17) is 5.11 Å². The molecule has 0 amide bonds. The molecule has 0 bridgehead atoms. The molecule has 18 heavy (non-hydrogen) atoms. The third kappa shape index (κ3) is 4.14. The Kier molecular flexibility index (Phi) is 4.90. The van der Waals surface area contributed by atoms with Crippen molar-refractivity contribution in [1.82, 2.24) is 9.97 Å². The van der Waals surface area contributed by atoms with Crippen LogP contribution in [0.25, 0.3) is 0 Å². The van der Waals surface area contributed by atoms with Crippen molar-refractivity contribution in [2.75, 3.05) is 24.3 Å². The van der Waals surface area contributed by atoms with Crippen LogP contribution >= 0.6 is 0 Å². The molecule has 1 unspecified atom stereocenters. The molecule has 1 aromatic heterocycles. The van der Waals surface area contributed by atoms with Gasteiger partial charge in [0.25, 0.3) is 0 Å². The highest BCUT2D eigenvalue weighted by molar-refractivity contribution is 5.42. The summed E-state index contributed by atoms with van der Waals surface area (Å²) in [5.74, 6) is 1.40. The molecule has 1 rings (SSSR count). The fraction of sp³-hybridized carbons (Fsp3) is 0.692. The van der Waals surface area contributed by atoms with Crippen LogP contribution in [0.5, 0.6) is 0 Å². The SMILES string of the molecule is CNc1nc(C)cc(NC(CCO)C(C)(C)C)n1. The van der Waals surface area contributed by atoms with Crippen molar-refractivity contribution in [3.8, 4) is 0 Å². The zero-order valence-corrected chi connectivity index (χ0v) is 11.9. The summed E-state index contributed by atoms with van der Waals surface area (Å²) in [4.78, 5) is 8.63. The Balaban J connectivity index is 2.90. The molecule has 1 aromatic rings. The largest absolute Gasteiger partial charge is 0.396 e. The number of nitrogens with zero attached hydrogens (tertiary/aromatic N) is 2. The summed E-state index contributed by atoms with van der Waals surface area (Å²) in [5.41, 5.74) is 0.968. The molecule has 1 heterocycles. The molecule has 102 valence electrons. The van der Waals surface area contributed by atoms with Crippen LogP contribution in [0.3, 0.4) is 0 Å². The molecule has 5 nitrogen and oxygen atoms in total. The Hall–Kier alpha value is -1.36. The molecule has 0 aliphatic rings. The van der Waals surface area contributed by atoms with E-state index >= 15 is 0 Å². The summed E-state index contributed by atoms with van der Waals surface area (Å²) >= 11 is 0. The Labute approximate surface area is 109 Å². The molecule has 0 fully saturated rings. The van der Waals surface area contributed by atoms with Crippen LogP contribution in [0.1, 0.15) is 32.9 Å². The van der Waals surface area contributed by atoms with Gasteiger partial charge in [-0.25, -0.2) is 4.98 Å². The van der Waals surface area contributed by atoms with Crippen LogP contribution in [0.2, 0.25) is 0 Å². The van der Waals surface area contributed by atoms with Gasteiger partial charge in [-0.3, -0.25) is 0 Å². The maximum Gasteiger partial charge on any atom is 0.224 e. The number of aryl methyl sites for hydroxylation is 1. The van der Waals surface area contributed by atoms with E-state index in [1.165, 1.54) is 0 Å². The second kappa shape index (κ2) is 6.00. The lowest BCUT2D eigenvalue weighted by Crippen LogP contribution is -2.35. The Bertz CT molecular complexity index is 387. The minimum atomic E-state index is 0.0569. The average molecular weight is 252 g/mol. The van der Waals surface area contributed by atoms with E-state index in [-0.39, 0.29) is 18.1 Å². The lowest BCUT2D eigenvalue weighted by Gasteiger charge is -2.31. The predicted molar refractivity (Wildman–Crippen MR) is 74.9 cm³/mol. The van der Waals surface area contributed by atoms with Crippen LogP contribution < -0.4 is 10.6 Å². The van der Waals surface area contributed by atoms with Crippen LogP contribution in [-0.4, -0.2) is 34.8 Å². The summed E-state index contributed by atoms with van der Waals surface area (Å²) in [6.45, 7) is 8.54. The zero-order chi connectivity index (χ0) is 13.8. The normalized spacial score (nSPS) is 13.2. The number of hydrogen-bond donors (Lipinski definition) is 3. The van der Waals surface area contributed by atoms with Gasteiger partial charge in [0, 0.05) is 31.5 Å². The van der Waals surface area contributed by atoms with E-state index in [1.54, 1.807) is 7.05 Å². The summed E-state index contributed by atoms with van der Waals surface area (Å²) in [6.07, 6.45) is 0.696. The highest BCUT2D eigenvalue weighted by Gasteiger charge is 2.24. The van der Waals surface area contributed by atoms with Crippen molar-refractivity contribution in [3.05, 3.63) is 11.8 Å². The van der Waals surface area contributed by atoms with Gasteiger partial charge in [-0.05, 0) is 18.8 Å². The molecular formula is C13H24N4O. The number of aliphatic hydroxyl groups is 1. The number of anilines is 2. The van der Waals surface area contributed by atoms with Crippen molar-refractivity contribution in [2.24, 2.45) is 5.41 Å². The summed E-state index contributed by atoms with van der Waals surface area (Å²) in [7, 11) is 1.80. The van der Waals surface area contributed by atoms with Gasteiger partial charge in [0.15, 0.2) is 0 Å². The van der Waals surface area contributed by atoms with Gasteiger partial charge in [-0.1, -0.05) is 20.8 Å². The molecule has 0 saturated carbocycles. The first-order valence-corrected chi connectivity index (χ1v) is 6.27. The van der Waals surface area contributed by atoms with Gasteiger partial charge >= 0.3 is 0 Å². The third-order valence-corrected chi connectivity index (χ3v) is 2.86. The molecule has 0 aliphatic carbocycles. The number of nitrogens with one attached hydrogen (secondary N) is 2. The van der Waals surface area contributed by atoms with Gasteiger partial charge in [-0.2, -0.15) is 4.98 Å². The van der Waals surface area contributed by atoms with E-state index in [9.17, 15) is 0 Å². The maximum atomic E-state index is 9.15. The Morgan fingerprint density at radius 2 is 2.00 bits per heavy atom. The highest BCUT2D eigenvalue weighted by Crippen LogP contribution is 2.25. The van der Waals surface area contributed by atoms with Crippen molar-refractivity contribution in [1.29, 1.82) is 0 Å². The lowest BCUT2D eigenvalue weighted by molar-refractivity contribution is 0.235. The number of rotatable bonds is 5. The van der Waals surface area contributed by atoms with Crippen molar-refractivity contribution in [2.45, 2.75) is 40.2 Å². The quantitative estimate of drug-likeness (QED) is 0.748. The first-order chi connectivity index (χ1) is 8.36. The Morgan fingerprint density at radius 1 is 1.33 bits per heavy atom. The average Bonchev–Trinajstić information content (AvgIpc) is 2.26. The second-order valence-corrected chi connectivity index (χ2v) is 5.54. The molecule has 0 aliphatic heterocycles. The van der Waals surface area contributed by atoms with Crippen LogP contribution in [0.4, 0.5) is 11.8 Å². The maximum absolute atomic E-state index is 9.15. The first kappa shape index (κ1) is 14.7. The minimum Gasteiger partial charge on any atom is -0.396 e. The molecule has 0 radical (unpaired) electrons. The number of aromatic nitrogens is 2.